The first-order valence-electron chi connectivity index (χ1n) is 8.52. The van der Waals surface area contributed by atoms with E-state index in [0.717, 1.165) is 9.60 Å². The first-order valence-corrected chi connectivity index (χ1v) is 10.6. The summed E-state index contributed by atoms with van der Waals surface area (Å²) in [5.74, 6) is -0.468. The number of hydrogen-bond donors (Lipinski definition) is 2. The molecule has 2 N–H and O–H groups in total. The van der Waals surface area contributed by atoms with Crippen LogP contribution in [0.3, 0.4) is 0 Å². The average molecular weight is 422 g/mol. The number of nitrogens with zero attached hydrogens (tertiary/aromatic N) is 3. The molecule has 0 unspecified atom stereocenters. The van der Waals surface area contributed by atoms with Gasteiger partial charge in [0.05, 0.1) is 22.9 Å². The molecule has 0 saturated heterocycles. The zero-order valence-corrected chi connectivity index (χ0v) is 17.3. The van der Waals surface area contributed by atoms with E-state index in [1.54, 1.807) is 24.2 Å². The molecule has 0 aliphatic heterocycles. The fourth-order valence-electron chi connectivity index (χ4n) is 2.40. The molecule has 28 heavy (non-hydrogen) atoms. The van der Waals surface area contributed by atoms with Crippen LogP contribution in [0.2, 0.25) is 0 Å². The highest BCUT2D eigenvalue weighted by atomic mass is 32.2. The summed E-state index contributed by atoms with van der Waals surface area (Å²) in [4.78, 5) is 25.5. The predicted octanol–water partition coefficient (Wildman–Crippen LogP) is 3.89. The van der Waals surface area contributed by atoms with E-state index >= 15 is 0 Å². The number of fused-ring (bicyclic) bond motifs is 1. The summed E-state index contributed by atoms with van der Waals surface area (Å²) in [7, 11) is 1.23. The molecule has 3 aromatic rings. The number of thioether (sulfide) groups is 1. The minimum absolute atomic E-state index is 0.0877. The molecular formula is C18H20FN5O2S2. The lowest BCUT2D eigenvalue weighted by molar-refractivity contribution is 0.0596. The van der Waals surface area contributed by atoms with Gasteiger partial charge in [-0.05, 0) is 18.2 Å². The Kier molecular flexibility index (Phi) is 6.63. The van der Waals surface area contributed by atoms with Crippen LogP contribution in [0.1, 0.15) is 17.3 Å². The first-order chi connectivity index (χ1) is 13.5. The summed E-state index contributed by atoms with van der Waals surface area (Å²) in [6.45, 7) is 3.44. The monoisotopic (exact) mass is 421 g/mol. The number of benzene rings is 1. The normalized spacial score (nSPS) is 12.0. The second-order valence-electron chi connectivity index (χ2n) is 6.12. The van der Waals surface area contributed by atoms with Crippen molar-refractivity contribution >= 4 is 50.4 Å². The Morgan fingerprint density at radius 2 is 2.00 bits per heavy atom. The van der Waals surface area contributed by atoms with E-state index < -0.39 is 11.8 Å². The zero-order valence-electron chi connectivity index (χ0n) is 15.7. The number of carbonyl (C=O) groups excluding carboxylic acids is 1. The van der Waals surface area contributed by atoms with Crippen LogP contribution in [0.15, 0.2) is 29.4 Å². The average Bonchev–Trinajstić information content (AvgIpc) is 3.11. The largest absolute Gasteiger partial charge is 0.465 e. The second kappa shape index (κ2) is 9.16. The standard InChI is InChI=1S/C18H20FN5O2S2/c1-10(6-20-17-21-8-11(27-3)9-22-17)7-23-18-24-14-5-13(19)12(16(25)26-2)4-15(14)28-18/h4-5,8-10H,6-7H2,1-3H3,(H,23,24)(H,20,21,22)/t10-/m0/s1. The molecule has 0 spiro atoms. The lowest BCUT2D eigenvalue weighted by Gasteiger charge is -2.13. The number of halogens is 1. The minimum atomic E-state index is -0.699. The Bertz CT molecular complexity index is 965. The molecule has 3 rings (SSSR count). The molecule has 0 fully saturated rings. The molecule has 0 saturated carbocycles. The molecule has 7 nitrogen and oxygen atoms in total. The maximum atomic E-state index is 14.0. The summed E-state index contributed by atoms with van der Waals surface area (Å²) >= 11 is 2.96. The van der Waals surface area contributed by atoms with Crippen molar-refractivity contribution in [1.29, 1.82) is 0 Å². The summed E-state index contributed by atoms with van der Waals surface area (Å²) < 4.78 is 19.3. The summed E-state index contributed by atoms with van der Waals surface area (Å²) in [5, 5.41) is 7.13. The number of esters is 1. The van der Waals surface area contributed by atoms with Gasteiger partial charge in [-0.3, -0.25) is 0 Å². The third-order valence-electron chi connectivity index (χ3n) is 3.96. The topological polar surface area (TPSA) is 89.0 Å². The number of methoxy groups -OCH3 is 1. The van der Waals surface area contributed by atoms with Gasteiger partial charge >= 0.3 is 5.97 Å². The highest BCUT2D eigenvalue weighted by Gasteiger charge is 2.16. The van der Waals surface area contributed by atoms with E-state index in [1.807, 2.05) is 6.26 Å². The van der Waals surface area contributed by atoms with Crippen molar-refractivity contribution in [3.05, 3.63) is 35.9 Å². The van der Waals surface area contributed by atoms with Crippen molar-refractivity contribution < 1.29 is 13.9 Å². The van der Waals surface area contributed by atoms with E-state index in [0.29, 0.717) is 29.7 Å². The van der Waals surface area contributed by atoms with E-state index in [1.165, 1.54) is 30.6 Å². The molecule has 0 bridgehead atoms. The van der Waals surface area contributed by atoms with Crippen LogP contribution in [0.5, 0.6) is 0 Å². The van der Waals surface area contributed by atoms with E-state index in [2.05, 4.69) is 37.2 Å². The SMILES string of the molecule is COC(=O)c1cc2sc(NC[C@@H](C)CNc3ncc(SC)cn3)nc2cc1F. The lowest BCUT2D eigenvalue weighted by Crippen LogP contribution is -2.20. The van der Waals surface area contributed by atoms with E-state index in [9.17, 15) is 9.18 Å². The Labute approximate surface area is 170 Å². The van der Waals surface area contributed by atoms with Gasteiger partial charge < -0.3 is 15.4 Å². The number of thiazole rings is 1. The Morgan fingerprint density at radius 3 is 2.68 bits per heavy atom. The van der Waals surface area contributed by atoms with Gasteiger partial charge in [-0.1, -0.05) is 18.3 Å². The Morgan fingerprint density at radius 1 is 1.29 bits per heavy atom. The number of ether oxygens (including phenoxy) is 1. The molecule has 10 heteroatoms. The highest BCUT2D eigenvalue weighted by molar-refractivity contribution is 7.98. The van der Waals surface area contributed by atoms with Crippen molar-refractivity contribution in [1.82, 2.24) is 15.0 Å². The van der Waals surface area contributed by atoms with Gasteiger partial charge in [0.15, 0.2) is 5.13 Å². The second-order valence-corrected chi connectivity index (χ2v) is 8.03. The van der Waals surface area contributed by atoms with Gasteiger partial charge in [0.25, 0.3) is 0 Å². The van der Waals surface area contributed by atoms with Crippen molar-refractivity contribution in [2.45, 2.75) is 11.8 Å². The molecule has 1 aromatic carbocycles. The molecular weight excluding hydrogens is 401 g/mol. The van der Waals surface area contributed by atoms with Crippen LogP contribution in [0.25, 0.3) is 10.2 Å². The molecule has 0 aliphatic rings. The molecule has 2 aromatic heterocycles. The van der Waals surface area contributed by atoms with Gasteiger partial charge in [-0.2, -0.15) is 0 Å². The van der Waals surface area contributed by atoms with Crippen LogP contribution in [-0.2, 0) is 4.74 Å². The lowest BCUT2D eigenvalue weighted by atomic mass is 10.2. The molecule has 2 heterocycles. The van der Waals surface area contributed by atoms with Gasteiger partial charge in [0, 0.05) is 36.4 Å². The molecule has 1 atom stereocenters. The summed E-state index contributed by atoms with van der Waals surface area (Å²) in [6.07, 6.45) is 5.55. The molecule has 148 valence electrons. The number of carbonyl (C=O) groups is 1. The highest BCUT2D eigenvalue weighted by Crippen LogP contribution is 2.28. The van der Waals surface area contributed by atoms with Crippen molar-refractivity contribution in [3.8, 4) is 0 Å². The summed E-state index contributed by atoms with van der Waals surface area (Å²) in [5.41, 5.74) is 0.418. The van der Waals surface area contributed by atoms with Gasteiger partial charge in [0.1, 0.15) is 5.82 Å². The van der Waals surface area contributed by atoms with Crippen molar-refractivity contribution in [3.63, 3.8) is 0 Å². The quantitative estimate of drug-likeness (QED) is 0.418. The number of aromatic nitrogens is 3. The minimum Gasteiger partial charge on any atom is -0.465 e. The maximum Gasteiger partial charge on any atom is 0.340 e. The number of hydrogen-bond acceptors (Lipinski definition) is 9. The van der Waals surface area contributed by atoms with Crippen LogP contribution < -0.4 is 10.6 Å². The smallest absolute Gasteiger partial charge is 0.340 e. The third-order valence-corrected chi connectivity index (χ3v) is 5.61. The first kappa shape index (κ1) is 20.3. The van der Waals surface area contributed by atoms with Crippen molar-refractivity contribution in [2.24, 2.45) is 5.92 Å². The van der Waals surface area contributed by atoms with Crippen LogP contribution >= 0.6 is 23.1 Å². The molecule has 0 radical (unpaired) electrons. The number of nitrogens with one attached hydrogen (secondary N) is 2. The third kappa shape index (κ3) is 4.87. The fraction of sp³-hybridized carbons (Fsp3) is 0.333. The van der Waals surface area contributed by atoms with Crippen LogP contribution in [0.4, 0.5) is 15.5 Å². The fourth-order valence-corrected chi connectivity index (χ4v) is 3.61. The van der Waals surface area contributed by atoms with Gasteiger partial charge in [0.2, 0.25) is 5.95 Å². The van der Waals surface area contributed by atoms with Crippen LogP contribution in [0, 0.1) is 11.7 Å². The number of anilines is 2. The van der Waals surface area contributed by atoms with Crippen LogP contribution in [-0.4, -0.2) is 47.4 Å². The zero-order chi connectivity index (χ0) is 20.1. The predicted molar refractivity (Wildman–Crippen MR) is 111 cm³/mol. The van der Waals surface area contributed by atoms with Gasteiger partial charge in [-0.25, -0.2) is 24.1 Å². The Balaban J connectivity index is 1.57. The van der Waals surface area contributed by atoms with Crippen molar-refractivity contribution in [2.75, 3.05) is 37.1 Å². The number of rotatable bonds is 8. The molecule has 0 aliphatic carbocycles. The van der Waals surface area contributed by atoms with Gasteiger partial charge in [-0.15, -0.1) is 11.8 Å². The van der Waals surface area contributed by atoms with E-state index in [4.69, 9.17) is 0 Å². The summed E-state index contributed by atoms with van der Waals surface area (Å²) in [6, 6.07) is 2.73. The Hall–Kier alpha value is -2.46. The van der Waals surface area contributed by atoms with E-state index in [-0.39, 0.29) is 11.5 Å². The molecule has 0 amide bonds. The maximum absolute atomic E-state index is 14.0.